The van der Waals surface area contributed by atoms with Gasteiger partial charge in [-0.05, 0) is 31.2 Å². The fourth-order valence-electron chi connectivity index (χ4n) is 3.03. The van der Waals surface area contributed by atoms with Crippen LogP contribution in [0.2, 0.25) is 0 Å². The number of nitro groups is 2. The van der Waals surface area contributed by atoms with Gasteiger partial charge < -0.3 is 20.6 Å². The number of rotatable bonds is 12. The van der Waals surface area contributed by atoms with Gasteiger partial charge in [-0.2, -0.15) is 0 Å². The average molecular weight is 514 g/mol. The smallest absolute Gasteiger partial charge is 0.336 e. The summed E-state index contributed by atoms with van der Waals surface area (Å²) in [7, 11) is 0. The molecule has 0 heterocycles. The van der Waals surface area contributed by atoms with Crippen LogP contribution < -0.4 is 15.5 Å². The number of nitrogens with one attached hydrogen (secondary N) is 2. The number of alkyl halides is 2. The van der Waals surface area contributed by atoms with E-state index in [1.165, 1.54) is 6.92 Å². The minimum absolute atomic E-state index is 0.407. The Morgan fingerprint density at radius 3 is 1.94 bits per heavy atom. The lowest BCUT2D eigenvalue weighted by atomic mass is 10.1. The number of carbonyl (C=O) groups excluding carboxylic acids is 1. The Bertz CT molecular complexity index is 1040. The molecule has 2 rings (SSSR count). The highest BCUT2D eigenvalue weighted by Gasteiger charge is 2.30. The van der Waals surface area contributed by atoms with Gasteiger partial charge in [0.15, 0.2) is 5.69 Å². The summed E-state index contributed by atoms with van der Waals surface area (Å²) in [5.74, 6) is -1.38. The standard InChI is InChI=1S/C20H21Cl2N5O7/c1-12(19(28)24-14-2-4-15(5-3-14)25(8-6-21)9-7-22)23-18-16(26(31)32)10-13(20(29)30)11-17(18)27(33)34/h2-5,10-12,23H,6-9H2,1H3,(H,24,28)(H,29,30). The van der Waals surface area contributed by atoms with Crippen LogP contribution in [0.15, 0.2) is 36.4 Å². The Morgan fingerprint density at radius 1 is 1.03 bits per heavy atom. The van der Waals surface area contributed by atoms with Crippen LogP contribution in [0.1, 0.15) is 17.3 Å². The number of amides is 1. The molecule has 12 nitrogen and oxygen atoms in total. The molecule has 0 spiro atoms. The van der Waals surface area contributed by atoms with Crippen LogP contribution >= 0.6 is 23.2 Å². The molecule has 0 saturated carbocycles. The predicted octanol–water partition coefficient (Wildman–Crippen LogP) is 3.92. The zero-order chi connectivity index (χ0) is 25.4. The van der Waals surface area contributed by atoms with Crippen molar-refractivity contribution in [3.8, 4) is 0 Å². The normalized spacial score (nSPS) is 11.4. The first-order chi connectivity index (χ1) is 16.1. The maximum Gasteiger partial charge on any atom is 0.336 e. The van der Waals surface area contributed by atoms with Gasteiger partial charge in [0.1, 0.15) is 6.04 Å². The Balaban J connectivity index is 2.23. The van der Waals surface area contributed by atoms with E-state index in [4.69, 9.17) is 28.3 Å². The van der Waals surface area contributed by atoms with Gasteiger partial charge in [-0.25, -0.2) is 4.79 Å². The number of carboxylic acid groups (broad SMARTS) is 1. The molecule has 0 aliphatic carbocycles. The number of nitrogens with zero attached hydrogens (tertiary/aromatic N) is 3. The fourth-order valence-corrected chi connectivity index (χ4v) is 3.44. The lowest BCUT2D eigenvalue weighted by Gasteiger charge is -2.23. The highest BCUT2D eigenvalue weighted by Crippen LogP contribution is 2.36. The van der Waals surface area contributed by atoms with E-state index in [0.717, 1.165) is 5.69 Å². The topological polar surface area (TPSA) is 168 Å². The molecule has 0 aliphatic rings. The molecule has 0 aromatic heterocycles. The lowest BCUT2D eigenvalue weighted by Crippen LogP contribution is -2.32. The van der Waals surface area contributed by atoms with Gasteiger partial charge in [-0.15, -0.1) is 23.2 Å². The van der Waals surface area contributed by atoms with Crippen LogP contribution in [0.4, 0.5) is 28.4 Å². The minimum atomic E-state index is -1.57. The molecule has 0 aliphatic heterocycles. The number of carboxylic acids is 1. The highest BCUT2D eigenvalue weighted by molar-refractivity contribution is 6.18. The molecule has 2 aromatic rings. The van der Waals surface area contributed by atoms with Gasteiger partial charge in [0.2, 0.25) is 5.91 Å². The van der Waals surface area contributed by atoms with E-state index in [1.807, 2.05) is 4.90 Å². The summed E-state index contributed by atoms with van der Waals surface area (Å²) in [5.41, 5.74) is -1.61. The zero-order valence-corrected chi connectivity index (χ0v) is 19.4. The fraction of sp³-hybridized carbons (Fsp3) is 0.300. The van der Waals surface area contributed by atoms with Crippen LogP contribution in [0.5, 0.6) is 0 Å². The van der Waals surface area contributed by atoms with Crippen molar-refractivity contribution in [3.63, 3.8) is 0 Å². The van der Waals surface area contributed by atoms with Crippen molar-refractivity contribution in [3.05, 3.63) is 62.2 Å². The lowest BCUT2D eigenvalue weighted by molar-refractivity contribution is -0.392. The molecule has 34 heavy (non-hydrogen) atoms. The van der Waals surface area contributed by atoms with E-state index in [-0.39, 0.29) is 0 Å². The van der Waals surface area contributed by atoms with Crippen LogP contribution in [0.3, 0.4) is 0 Å². The van der Waals surface area contributed by atoms with Crippen LogP contribution in [0, 0.1) is 20.2 Å². The van der Waals surface area contributed by atoms with Crippen molar-refractivity contribution < 1.29 is 24.5 Å². The molecule has 0 saturated heterocycles. The van der Waals surface area contributed by atoms with E-state index in [1.54, 1.807) is 24.3 Å². The van der Waals surface area contributed by atoms with E-state index < -0.39 is 50.4 Å². The third-order valence-electron chi connectivity index (χ3n) is 4.70. The van der Waals surface area contributed by atoms with Gasteiger partial charge >= 0.3 is 5.97 Å². The third kappa shape index (κ3) is 6.68. The first-order valence-corrected chi connectivity index (χ1v) is 10.9. The molecule has 1 unspecified atom stereocenters. The molecule has 2 aromatic carbocycles. The summed E-state index contributed by atoms with van der Waals surface area (Å²) in [6.45, 7) is 2.52. The van der Waals surface area contributed by atoms with Crippen molar-refractivity contribution in [1.82, 2.24) is 0 Å². The zero-order valence-electron chi connectivity index (χ0n) is 17.9. The monoisotopic (exact) mass is 513 g/mol. The highest BCUT2D eigenvalue weighted by atomic mass is 35.5. The number of hydrogen-bond donors (Lipinski definition) is 3. The van der Waals surface area contributed by atoms with Gasteiger partial charge in [0, 0.05) is 48.4 Å². The molecule has 3 N–H and O–H groups in total. The molecular weight excluding hydrogens is 493 g/mol. The first kappa shape index (κ1) is 26.6. The Hall–Kier alpha value is -3.64. The Kier molecular flexibility index (Phi) is 9.39. The summed E-state index contributed by atoms with van der Waals surface area (Å²) < 4.78 is 0. The van der Waals surface area contributed by atoms with Crippen molar-refractivity contribution >= 4 is 63.5 Å². The predicted molar refractivity (Wildman–Crippen MR) is 129 cm³/mol. The summed E-state index contributed by atoms with van der Waals surface area (Å²) in [6.07, 6.45) is 0. The SMILES string of the molecule is CC(Nc1c([N+](=O)[O-])cc(C(=O)O)cc1[N+](=O)[O-])C(=O)Nc1ccc(N(CCCl)CCCl)cc1. The minimum Gasteiger partial charge on any atom is -0.478 e. The number of carbonyl (C=O) groups is 2. The number of benzene rings is 2. The molecule has 0 radical (unpaired) electrons. The average Bonchev–Trinajstić information content (AvgIpc) is 2.78. The third-order valence-corrected chi connectivity index (χ3v) is 5.04. The number of nitro benzene ring substituents is 2. The maximum atomic E-state index is 12.6. The van der Waals surface area contributed by atoms with Crippen LogP contribution in [0.25, 0.3) is 0 Å². The second-order valence-corrected chi connectivity index (χ2v) is 7.73. The quantitative estimate of drug-likeness (QED) is 0.216. The van der Waals surface area contributed by atoms with E-state index in [2.05, 4.69) is 10.6 Å². The summed E-state index contributed by atoms with van der Waals surface area (Å²) in [4.78, 5) is 46.7. The number of hydrogen-bond acceptors (Lipinski definition) is 8. The maximum absolute atomic E-state index is 12.6. The van der Waals surface area contributed by atoms with Gasteiger partial charge in [0.25, 0.3) is 11.4 Å². The van der Waals surface area contributed by atoms with Crippen molar-refractivity contribution in [2.45, 2.75) is 13.0 Å². The van der Waals surface area contributed by atoms with E-state index in [9.17, 15) is 29.8 Å². The van der Waals surface area contributed by atoms with E-state index >= 15 is 0 Å². The van der Waals surface area contributed by atoms with Crippen LogP contribution in [-0.4, -0.2) is 57.7 Å². The molecular formula is C20H21Cl2N5O7. The second-order valence-electron chi connectivity index (χ2n) is 6.98. The number of halogens is 2. The van der Waals surface area contributed by atoms with Gasteiger partial charge in [0.05, 0.1) is 15.4 Å². The summed E-state index contributed by atoms with van der Waals surface area (Å²) >= 11 is 11.6. The Labute approximate surface area is 203 Å². The Morgan fingerprint density at radius 2 is 1.53 bits per heavy atom. The molecule has 0 bridgehead atoms. The molecule has 1 amide bonds. The summed E-state index contributed by atoms with van der Waals surface area (Å²) in [5, 5.41) is 37.0. The van der Waals surface area contributed by atoms with Gasteiger partial charge in [-0.3, -0.25) is 25.0 Å². The molecule has 1 atom stereocenters. The van der Waals surface area contributed by atoms with E-state index in [0.29, 0.717) is 42.7 Å². The number of aromatic carboxylic acids is 1. The second kappa shape index (κ2) is 12.0. The molecule has 14 heteroatoms. The van der Waals surface area contributed by atoms with Crippen LogP contribution in [-0.2, 0) is 4.79 Å². The van der Waals surface area contributed by atoms with Crippen molar-refractivity contribution in [1.29, 1.82) is 0 Å². The molecule has 0 fully saturated rings. The first-order valence-electron chi connectivity index (χ1n) is 9.83. The van der Waals surface area contributed by atoms with Gasteiger partial charge in [-0.1, -0.05) is 0 Å². The van der Waals surface area contributed by atoms with Crippen molar-refractivity contribution in [2.75, 3.05) is 40.4 Å². The van der Waals surface area contributed by atoms with Crippen molar-refractivity contribution in [2.24, 2.45) is 0 Å². The number of anilines is 3. The summed E-state index contributed by atoms with van der Waals surface area (Å²) in [6, 6.07) is 7.03. The molecule has 182 valence electrons. The largest absolute Gasteiger partial charge is 0.478 e.